The predicted molar refractivity (Wildman–Crippen MR) is 75.5 cm³/mol. The van der Waals surface area contributed by atoms with Crippen LogP contribution in [0.15, 0.2) is 24.3 Å². The number of carbonyl (C=O) groups excluding carboxylic acids is 1. The molecule has 0 heterocycles. The molecule has 19 heavy (non-hydrogen) atoms. The largest absolute Gasteiger partial charge is 0.495 e. The van der Waals surface area contributed by atoms with Crippen molar-refractivity contribution in [3.63, 3.8) is 0 Å². The molecular formula is C14H22N2O3. The van der Waals surface area contributed by atoms with Crippen LogP contribution in [-0.4, -0.2) is 39.8 Å². The number of hydrogen-bond acceptors (Lipinski definition) is 4. The maximum Gasteiger partial charge on any atom is 0.229 e. The Bertz CT molecular complexity index is 396. The number of nitrogens with two attached hydrogens (primary N) is 1. The summed E-state index contributed by atoms with van der Waals surface area (Å²) >= 11 is 0. The summed E-state index contributed by atoms with van der Waals surface area (Å²) in [4.78, 5) is 13.9. The second-order valence-corrected chi connectivity index (χ2v) is 4.10. The lowest BCUT2D eigenvalue weighted by Gasteiger charge is -2.24. The first kappa shape index (κ1) is 15.5. The van der Waals surface area contributed by atoms with Crippen molar-refractivity contribution in [2.24, 2.45) is 5.73 Å². The summed E-state index contributed by atoms with van der Waals surface area (Å²) in [5, 5.41) is 0. The van der Waals surface area contributed by atoms with E-state index in [2.05, 4.69) is 0 Å². The number of benzene rings is 1. The molecule has 0 aliphatic rings. The van der Waals surface area contributed by atoms with E-state index in [0.717, 1.165) is 12.1 Å². The lowest BCUT2D eigenvalue weighted by Crippen LogP contribution is -2.33. The summed E-state index contributed by atoms with van der Waals surface area (Å²) in [6, 6.07) is 7.48. The first-order valence-electron chi connectivity index (χ1n) is 6.37. The molecule has 1 aromatic rings. The van der Waals surface area contributed by atoms with Crippen LogP contribution in [0.25, 0.3) is 0 Å². The molecule has 0 aliphatic heterocycles. The first-order chi connectivity index (χ1) is 9.24. The molecule has 0 aliphatic carbocycles. The Morgan fingerprint density at radius 3 is 2.68 bits per heavy atom. The lowest BCUT2D eigenvalue weighted by molar-refractivity contribution is -0.119. The number of amides is 1. The van der Waals surface area contributed by atoms with Crippen LogP contribution in [-0.2, 0) is 9.53 Å². The Balaban J connectivity index is 2.91. The van der Waals surface area contributed by atoms with Crippen LogP contribution in [0.4, 0.5) is 5.69 Å². The molecule has 0 bridgehead atoms. The number of methoxy groups -OCH3 is 2. The SMILES string of the molecule is COCCC(=O)N(CCCN)c1ccccc1OC. The van der Waals surface area contributed by atoms with E-state index in [1.165, 1.54) is 0 Å². The second-order valence-electron chi connectivity index (χ2n) is 4.10. The van der Waals surface area contributed by atoms with Gasteiger partial charge in [0.2, 0.25) is 5.91 Å². The van der Waals surface area contributed by atoms with Gasteiger partial charge in [0.05, 0.1) is 25.8 Å². The topological polar surface area (TPSA) is 64.8 Å². The van der Waals surface area contributed by atoms with Gasteiger partial charge in [-0.05, 0) is 25.1 Å². The molecule has 1 aromatic carbocycles. The number of nitrogens with zero attached hydrogens (tertiary/aromatic N) is 1. The number of hydrogen-bond donors (Lipinski definition) is 1. The average molecular weight is 266 g/mol. The Hall–Kier alpha value is -1.59. The van der Waals surface area contributed by atoms with Crippen LogP contribution >= 0.6 is 0 Å². The zero-order chi connectivity index (χ0) is 14.1. The highest BCUT2D eigenvalue weighted by atomic mass is 16.5. The standard InChI is InChI=1S/C14H22N2O3/c1-18-11-8-14(17)16(10-5-9-15)12-6-3-4-7-13(12)19-2/h3-4,6-7H,5,8-11,15H2,1-2H3. The molecule has 106 valence electrons. The molecular weight excluding hydrogens is 244 g/mol. The molecule has 0 spiro atoms. The van der Waals surface area contributed by atoms with Gasteiger partial charge >= 0.3 is 0 Å². The van der Waals surface area contributed by atoms with Gasteiger partial charge in [-0.1, -0.05) is 12.1 Å². The highest BCUT2D eigenvalue weighted by molar-refractivity contribution is 5.94. The maximum absolute atomic E-state index is 12.2. The summed E-state index contributed by atoms with van der Waals surface area (Å²) in [7, 11) is 3.18. The van der Waals surface area contributed by atoms with Crippen LogP contribution in [0.2, 0.25) is 0 Å². The Morgan fingerprint density at radius 2 is 2.05 bits per heavy atom. The van der Waals surface area contributed by atoms with E-state index in [9.17, 15) is 4.79 Å². The normalized spacial score (nSPS) is 10.3. The Kier molecular flexibility index (Phi) is 6.92. The minimum atomic E-state index is 0.0137. The van der Waals surface area contributed by atoms with E-state index in [0.29, 0.717) is 31.9 Å². The van der Waals surface area contributed by atoms with Crippen molar-refractivity contribution in [2.45, 2.75) is 12.8 Å². The van der Waals surface area contributed by atoms with E-state index in [4.69, 9.17) is 15.2 Å². The van der Waals surface area contributed by atoms with E-state index >= 15 is 0 Å². The van der Waals surface area contributed by atoms with Gasteiger partial charge in [0, 0.05) is 13.7 Å². The van der Waals surface area contributed by atoms with Crippen molar-refractivity contribution in [2.75, 3.05) is 38.8 Å². The fourth-order valence-electron chi connectivity index (χ4n) is 1.81. The Labute approximate surface area is 114 Å². The lowest BCUT2D eigenvalue weighted by atomic mass is 10.2. The molecule has 5 nitrogen and oxygen atoms in total. The molecule has 0 fully saturated rings. The van der Waals surface area contributed by atoms with Gasteiger partial charge in [0.1, 0.15) is 5.75 Å². The molecule has 0 atom stereocenters. The van der Waals surface area contributed by atoms with Crippen LogP contribution in [0.1, 0.15) is 12.8 Å². The van der Waals surface area contributed by atoms with Crippen molar-refractivity contribution < 1.29 is 14.3 Å². The van der Waals surface area contributed by atoms with Crippen LogP contribution in [0.5, 0.6) is 5.75 Å². The van der Waals surface area contributed by atoms with E-state index in [1.54, 1.807) is 19.1 Å². The molecule has 1 amide bonds. The quantitative estimate of drug-likeness (QED) is 0.772. The van der Waals surface area contributed by atoms with Gasteiger partial charge in [-0.2, -0.15) is 0 Å². The van der Waals surface area contributed by atoms with Crippen molar-refractivity contribution in [1.29, 1.82) is 0 Å². The number of para-hydroxylation sites is 2. The number of rotatable bonds is 8. The highest BCUT2D eigenvalue weighted by Crippen LogP contribution is 2.28. The second kappa shape index (κ2) is 8.50. The van der Waals surface area contributed by atoms with Gasteiger partial charge in [-0.25, -0.2) is 0 Å². The summed E-state index contributed by atoms with van der Waals surface area (Å²) in [6.45, 7) is 1.54. The van der Waals surface area contributed by atoms with Gasteiger partial charge in [-0.3, -0.25) is 4.79 Å². The van der Waals surface area contributed by atoms with Gasteiger partial charge in [0.25, 0.3) is 0 Å². The molecule has 5 heteroatoms. The molecule has 0 radical (unpaired) electrons. The third kappa shape index (κ3) is 4.54. The zero-order valence-corrected chi connectivity index (χ0v) is 11.6. The minimum absolute atomic E-state index is 0.0137. The fourth-order valence-corrected chi connectivity index (χ4v) is 1.81. The predicted octanol–water partition coefficient (Wildman–Crippen LogP) is 1.41. The molecule has 0 aromatic heterocycles. The van der Waals surface area contributed by atoms with Crippen LogP contribution in [0.3, 0.4) is 0 Å². The van der Waals surface area contributed by atoms with E-state index in [1.807, 2.05) is 24.3 Å². The molecule has 2 N–H and O–H groups in total. The number of anilines is 1. The molecule has 0 unspecified atom stereocenters. The van der Waals surface area contributed by atoms with Gasteiger partial charge in [-0.15, -0.1) is 0 Å². The molecule has 0 saturated heterocycles. The average Bonchev–Trinajstić information content (AvgIpc) is 2.45. The summed E-state index contributed by atoms with van der Waals surface area (Å²) < 4.78 is 10.3. The zero-order valence-electron chi connectivity index (χ0n) is 11.6. The van der Waals surface area contributed by atoms with Crippen LogP contribution < -0.4 is 15.4 Å². The van der Waals surface area contributed by atoms with E-state index < -0.39 is 0 Å². The van der Waals surface area contributed by atoms with Crippen molar-refractivity contribution in [1.82, 2.24) is 0 Å². The first-order valence-corrected chi connectivity index (χ1v) is 6.37. The number of ether oxygens (including phenoxy) is 2. The van der Waals surface area contributed by atoms with Crippen molar-refractivity contribution in [3.05, 3.63) is 24.3 Å². The molecule has 0 saturated carbocycles. The summed E-state index contributed by atoms with van der Waals surface area (Å²) in [5.74, 6) is 0.699. The van der Waals surface area contributed by atoms with Crippen molar-refractivity contribution in [3.8, 4) is 5.75 Å². The monoisotopic (exact) mass is 266 g/mol. The highest BCUT2D eigenvalue weighted by Gasteiger charge is 2.18. The maximum atomic E-state index is 12.2. The minimum Gasteiger partial charge on any atom is -0.495 e. The van der Waals surface area contributed by atoms with Crippen LogP contribution in [0, 0.1) is 0 Å². The molecule has 1 rings (SSSR count). The van der Waals surface area contributed by atoms with Gasteiger partial charge < -0.3 is 20.1 Å². The fraction of sp³-hybridized carbons (Fsp3) is 0.500. The van der Waals surface area contributed by atoms with E-state index in [-0.39, 0.29) is 5.91 Å². The Morgan fingerprint density at radius 1 is 1.32 bits per heavy atom. The third-order valence-corrected chi connectivity index (χ3v) is 2.78. The van der Waals surface area contributed by atoms with Gasteiger partial charge in [0.15, 0.2) is 0 Å². The smallest absolute Gasteiger partial charge is 0.229 e. The summed E-state index contributed by atoms with van der Waals surface area (Å²) in [5.41, 5.74) is 6.31. The summed E-state index contributed by atoms with van der Waals surface area (Å²) in [6.07, 6.45) is 1.09. The number of carbonyl (C=O) groups is 1. The third-order valence-electron chi connectivity index (χ3n) is 2.78. The van der Waals surface area contributed by atoms with Crippen molar-refractivity contribution >= 4 is 11.6 Å².